The highest BCUT2D eigenvalue weighted by Gasteiger charge is 2.25. The molecule has 0 aromatic heterocycles. The van der Waals surface area contributed by atoms with E-state index in [4.69, 9.17) is 11.1 Å². The fourth-order valence-corrected chi connectivity index (χ4v) is 2.97. The first-order valence-corrected chi connectivity index (χ1v) is 6.93. The van der Waals surface area contributed by atoms with Gasteiger partial charge in [0.2, 0.25) is 0 Å². The van der Waals surface area contributed by atoms with Gasteiger partial charge in [0, 0.05) is 23.8 Å². The smallest absolute Gasteiger partial charge is 0.123 e. The van der Waals surface area contributed by atoms with Crippen LogP contribution in [0.25, 0.3) is 0 Å². The lowest BCUT2D eigenvalue weighted by molar-refractivity contribution is 0.672. The molecule has 0 saturated carbocycles. The van der Waals surface area contributed by atoms with Crippen LogP contribution in [-0.2, 0) is 13.0 Å². The summed E-state index contributed by atoms with van der Waals surface area (Å²) in [5, 5.41) is 7.70. The molecule has 0 saturated heterocycles. The highest BCUT2D eigenvalue weighted by Crippen LogP contribution is 2.33. The Bertz CT molecular complexity index is 648. The van der Waals surface area contributed by atoms with Crippen molar-refractivity contribution in [2.24, 2.45) is 5.73 Å². The summed E-state index contributed by atoms with van der Waals surface area (Å²) in [7, 11) is 0. The van der Waals surface area contributed by atoms with Crippen molar-refractivity contribution in [1.29, 1.82) is 5.41 Å². The average molecular weight is 265 g/mol. The van der Waals surface area contributed by atoms with Gasteiger partial charge in [-0.05, 0) is 30.5 Å². The summed E-state index contributed by atoms with van der Waals surface area (Å²) in [6, 6.07) is 17.0. The summed E-state index contributed by atoms with van der Waals surface area (Å²) < 4.78 is 0. The van der Waals surface area contributed by atoms with Gasteiger partial charge in [0.1, 0.15) is 5.84 Å². The van der Waals surface area contributed by atoms with Gasteiger partial charge in [0.05, 0.1) is 0 Å². The van der Waals surface area contributed by atoms with Crippen LogP contribution in [-0.4, -0.2) is 11.9 Å². The number of nitrogen functional groups attached to an aromatic ring is 1. The first-order valence-electron chi connectivity index (χ1n) is 6.93. The normalized spacial score (nSPS) is 17.1. The van der Waals surface area contributed by atoms with Gasteiger partial charge in [-0.15, -0.1) is 0 Å². The minimum absolute atomic E-state index is 0.140. The second-order valence-corrected chi connectivity index (χ2v) is 5.38. The summed E-state index contributed by atoms with van der Waals surface area (Å²) in [5.41, 5.74) is 10.3. The fourth-order valence-electron chi connectivity index (χ4n) is 2.97. The molecule has 0 aliphatic carbocycles. The lowest BCUT2D eigenvalue weighted by Gasteiger charge is -2.26. The molecule has 0 spiro atoms. The quantitative estimate of drug-likeness (QED) is 0.662. The van der Waals surface area contributed by atoms with Crippen LogP contribution in [0.5, 0.6) is 0 Å². The van der Waals surface area contributed by atoms with Crippen molar-refractivity contribution >= 4 is 11.5 Å². The molecule has 3 heteroatoms. The lowest BCUT2D eigenvalue weighted by Crippen LogP contribution is -2.29. The van der Waals surface area contributed by atoms with Crippen LogP contribution in [0.15, 0.2) is 48.5 Å². The van der Waals surface area contributed by atoms with Gasteiger partial charge in [-0.3, -0.25) is 5.41 Å². The Kier molecular flexibility index (Phi) is 3.18. The van der Waals surface area contributed by atoms with E-state index in [0.29, 0.717) is 6.04 Å². The number of amidine groups is 1. The summed E-state index contributed by atoms with van der Waals surface area (Å²) in [6.45, 7) is 3.05. The summed E-state index contributed by atoms with van der Waals surface area (Å²) in [4.78, 5) is 2.40. The number of hydrogen-bond acceptors (Lipinski definition) is 2. The zero-order valence-electron chi connectivity index (χ0n) is 11.6. The topological polar surface area (TPSA) is 53.1 Å². The molecule has 1 aliphatic heterocycles. The number of fused-ring (bicyclic) bond motifs is 1. The SMILES string of the molecule is CC1Cc2ccccc2N1Cc1ccccc1C(=N)N. The molecule has 2 aromatic carbocycles. The van der Waals surface area contributed by atoms with E-state index in [1.54, 1.807) is 0 Å². The van der Waals surface area contributed by atoms with E-state index in [1.165, 1.54) is 11.3 Å². The molecule has 0 amide bonds. The van der Waals surface area contributed by atoms with Crippen LogP contribution in [0, 0.1) is 5.41 Å². The predicted octanol–water partition coefficient (Wildman–Crippen LogP) is 2.92. The molecule has 102 valence electrons. The zero-order valence-corrected chi connectivity index (χ0v) is 11.6. The largest absolute Gasteiger partial charge is 0.384 e. The Morgan fingerprint density at radius 1 is 1.20 bits per heavy atom. The van der Waals surface area contributed by atoms with Gasteiger partial charge in [-0.1, -0.05) is 42.5 Å². The number of rotatable bonds is 3. The van der Waals surface area contributed by atoms with E-state index in [2.05, 4.69) is 42.2 Å². The Labute approximate surface area is 119 Å². The highest BCUT2D eigenvalue weighted by molar-refractivity contribution is 5.96. The molecule has 0 fully saturated rings. The second kappa shape index (κ2) is 5.00. The van der Waals surface area contributed by atoms with E-state index < -0.39 is 0 Å². The number of nitrogens with two attached hydrogens (primary N) is 1. The van der Waals surface area contributed by atoms with Crippen molar-refractivity contribution in [2.75, 3.05) is 4.90 Å². The van der Waals surface area contributed by atoms with Gasteiger partial charge in [0.15, 0.2) is 0 Å². The first-order chi connectivity index (χ1) is 9.66. The number of para-hydroxylation sites is 1. The Balaban J connectivity index is 1.94. The van der Waals surface area contributed by atoms with Crippen molar-refractivity contribution in [3.8, 4) is 0 Å². The third kappa shape index (κ3) is 2.16. The van der Waals surface area contributed by atoms with Crippen LogP contribution in [0.2, 0.25) is 0 Å². The van der Waals surface area contributed by atoms with Gasteiger partial charge in [-0.25, -0.2) is 0 Å². The van der Waals surface area contributed by atoms with Gasteiger partial charge < -0.3 is 10.6 Å². The fraction of sp³-hybridized carbons (Fsp3) is 0.235. The predicted molar refractivity (Wildman–Crippen MR) is 83.2 cm³/mol. The molecule has 3 nitrogen and oxygen atoms in total. The zero-order chi connectivity index (χ0) is 14.1. The summed E-state index contributed by atoms with van der Waals surface area (Å²) in [6.07, 6.45) is 1.08. The molecule has 0 radical (unpaired) electrons. The standard InChI is InChI=1S/C17H19N3/c1-12-10-13-6-3-5-9-16(13)20(12)11-14-7-2-4-8-15(14)17(18)19/h2-9,12H,10-11H2,1H3,(H3,18,19). The third-order valence-corrected chi connectivity index (χ3v) is 4.00. The average Bonchev–Trinajstić information content (AvgIpc) is 2.76. The molecule has 3 rings (SSSR count). The molecular formula is C17H19N3. The summed E-state index contributed by atoms with van der Waals surface area (Å²) >= 11 is 0. The van der Waals surface area contributed by atoms with E-state index in [0.717, 1.165) is 24.1 Å². The molecule has 1 atom stereocenters. The highest BCUT2D eigenvalue weighted by atomic mass is 15.2. The third-order valence-electron chi connectivity index (χ3n) is 4.00. The minimum Gasteiger partial charge on any atom is -0.384 e. The maximum Gasteiger partial charge on any atom is 0.123 e. The van der Waals surface area contributed by atoms with Crippen LogP contribution in [0.4, 0.5) is 5.69 Å². The van der Waals surface area contributed by atoms with Gasteiger partial charge in [-0.2, -0.15) is 0 Å². The molecule has 20 heavy (non-hydrogen) atoms. The maximum atomic E-state index is 7.70. The molecular weight excluding hydrogens is 246 g/mol. The second-order valence-electron chi connectivity index (χ2n) is 5.38. The monoisotopic (exact) mass is 265 g/mol. The van der Waals surface area contributed by atoms with Crippen molar-refractivity contribution in [3.63, 3.8) is 0 Å². The Morgan fingerprint density at radius 3 is 2.70 bits per heavy atom. The van der Waals surface area contributed by atoms with Gasteiger partial charge >= 0.3 is 0 Å². The number of anilines is 1. The molecule has 1 heterocycles. The van der Waals surface area contributed by atoms with Crippen LogP contribution < -0.4 is 10.6 Å². The number of hydrogen-bond donors (Lipinski definition) is 2. The van der Waals surface area contributed by atoms with E-state index in [-0.39, 0.29) is 5.84 Å². The Hall–Kier alpha value is -2.29. The first kappa shape index (κ1) is 12.7. The molecule has 3 N–H and O–H groups in total. The summed E-state index contributed by atoms with van der Waals surface area (Å²) in [5.74, 6) is 0.140. The minimum atomic E-state index is 0.140. The number of nitrogens with one attached hydrogen (secondary N) is 1. The molecule has 0 bridgehead atoms. The van der Waals surface area contributed by atoms with E-state index in [1.807, 2.05) is 18.2 Å². The van der Waals surface area contributed by atoms with E-state index in [9.17, 15) is 0 Å². The van der Waals surface area contributed by atoms with E-state index >= 15 is 0 Å². The van der Waals surface area contributed by atoms with Crippen molar-refractivity contribution in [2.45, 2.75) is 25.9 Å². The van der Waals surface area contributed by atoms with Crippen LogP contribution in [0.3, 0.4) is 0 Å². The lowest BCUT2D eigenvalue weighted by atomic mass is 10.1. The molecule has 1 unspecified atom stereocenters. The number of benzene rings is 2. The molecule has 2 aromatic rings. The van der Waals surface area contributed by atoms with Crippen molar-refractivity contribution in [3.05, 3.63) is 65.2 Å². The maximum absolute atomic E-state index is 7.70. The Morgan fingerprint density at radius 2 is 1.90 bits per heavy atom. The van der Waals surface area contributed by atoms with Gasteiger partial charge in [0.25, 0.3) is 0 Å². The van der Waals surface area contributed by atoms with Crippen molar-refractivity contribution in [1.82, 2.24) is 0 Å². The molecule has 1 aliphatic rings. The van der Waals surface area contributed by atoms with Crippen LogP contribution in [0.1, 0.15) is 23.6 Å². The number of nitrogens with zero attached hydrogens (tertiary/aromatic N) is 1. The van der Waals surface area contributed by atoms with Crippen molar-refractivity contribution < 1.29 is 0 Å². The van der Waals surface area contributed by atoms with Crippen LogP contribution >= 0.6 is 0 Å².